The number of fused-ring (bicyclic) bond motifs is 1. The molecular formula is C13H10ClN3O2. The molecule has 0 aliphatic heterocycles. The highest BCUT2D eigenvalue weighted by Gasteiger charge is 2.16. The maximum atomic E-state index is 10.9. The minimum absolute atomic E-state index is 0.0609. The minimum Gasteiger partial charge on any atom is -0.477 e. The standard InChI is InChI=1S/C13H10ClN3O2/c1-6-11(9-5-10(13(18)19)17-16-9)7-3-2-4-8(14)12(7)15-6/h2-5,15H,1H3,(H,16,17)(H,18,19). The maximum Gasteiger partial charge on any atom is 0.353 e. The molecule has 0 amide bonds. The fraction of sp³-hybridized carbons (Fsp3) is 0.0769. The Kier molecular flexibility index (Phi) is 2.57. The van der Waals surface area contributed by atoms with Crippen LogP contribution in [0.2, 0.25) is 5.02 Å². The van der Waals surface area contributed by atoms with E-state index >= 15 is 0 Å². The molecule has 0 bridgehead atoms. The Labute approximate surface area is 113 Å². The van der Waals surface area contributed by atoms with Gasteiger partial charge in [-0.15, -0.1) is 0 Å². The Morgan fingerprint density at radius 2 is 2.21 bits per heavy atom. The van der Waals surface area contributed by atoms with Gasteiger partial charge in [-0.3, -0.25) is 5.10 Å². The molecular weight excluding hydrogens is 266 g/mol. The third kappa shape index (κ3) is 1.79. The van der Waals surface area contributed by atoms with Gasteiger partial charge >= 0.3 is 5.97 Å². The van der Waals surface area contributed by atoms with Crippen molar-refractivity contribution in [1.29, 1.82) is 0 Å². The highest BCUT2D eigenvalue weighted by molar-refractivity contribution is 6.35. The molecule has 96 valence electrons. The zero-order valence-electron chi connectivity index (χ0n) is 9.99. The van der Waals surface area contributed by atoms with Crippen LogP contribution in [0.25, 0.3) is 22.2 Å². The molecule has 5 nitrogen and oxygen atoms in total. The van der Waals surface area contributed by atoms with Gasteiger partial charge < -0.3 is 10.1 Å². The average Bonchev–Trinajstić information content (AvgIpc) is 2.93. The Bertz CT molecular complexity index is 788. The number of carboxylic acids is 1. The van der Waals surface area contributed by atoms with Crippen molar-refractivity contribution in [3.8, 4) is 11.3 Å². The Hall–Kier alpha value is -2.27. The molecule has 3 rings (SSSR count). The van der Waals surface area contributed by atoms with Gasteiger partial charge in [-0.25, -0.2) is 4.79 Å². The second-order valence-corrected chi connectivity index (χ2v) is 4.67. The lowest BCUT2D eigenvalue weighted by Crippen LogP contribution is -1.95. The van der Waals surface area contributed by atoms with Crippen molar-refractivity contribution in [2.45, 2.75) is 6.92 Å². The summed E-state index contributed by atoms with van der Waals surface area (Å²) >= 11 is 6.13. The SMILES string of the molecule is Cc1[nH]c2c(Cl)cccc2c1-c1cc(C(=O)O)[nH]n1. The normalized spacial score (nSPS) is 11.1. The second-order valence-electron chi connectivity index (χ2n) is 4.26. The molecule has 2 heterocycles. The van der Waals surface area contributed by atoms with Crippen LogP contribution in [0.1, 0.15) is 16.2 Å². The summed E-state index contributed by atoms with van der Waals surface area (Å²) in [4.78, 5) is 14.1. The predicted octanol–water partition coefficient (Wildman–Crippen LogP) is 3.22. The van der Waals surface area contributed by atoms with Gasteiger partial charge in [-0.1, -0.05) is 23.7 Å². The summed E-state index contributed by atoms with van der Waals surface area (Å²) in [5.74, 6) is -1.03. The van der Waals surface area contributed by atoms with Crippen LogP contribution in [-0.2, 0) is 0 Å². The zero-order chi connectivity index (χ0) is 13.6. The molecule has 2 aromatic heterocycles. The van der Waals surface area contributed by atoms with Gasteiger partial charge in [0.15, 0.2) is 0 Å². The van der Waals surface area contributed by atoms with Crippen LogP contribution >= 0.6 is 11.6 Å². The van der Waals surface area contributed by atoms with Gasteiger partial charge in [0, 0.05) is 16.6 Å². The number of rotatable bonds is 2. The predicted molar refractivity (Wildman–Crippen MR) is 72.6 cm³/mol. The van der Waals surface area contributed by atoms with E-state index < -0.39 is 5.97 Å². The lowest BCUT2D eigenvalue weighted by atomic mass is 10.1. The van der Waals surface area contributed by atoms with Crippen LogP contribution in [0.4, 0.5) is 0 Å². The molecule has 0 saturated heterocycles. The third-order valence-corrected chi connectivity index (χ3v) is 3.35. The second kappa shape index (κ2) is 4.13. The van der Waals surface area contributed by atoms with Crippen molar-refractivity contribution in [3.05, 3.63) is 40.7 Å². The summed E-state index contributed by atoms with van der Waals surface area (Å²) in [6.45, 7) is 1.90. The van der Waals surface area contributed by atoms with Gasteiger partial charge in [-0.05, 0) is 19.1 Å². The largest absolute Gasteiger partial charge is 0.477 e. The van der Waals surface area contributed by atoms with Crippen LogP contribution in [-0.4, -0.2) is 26.3 Å². The van der Waals surface area contributed by atoms with Crippen LogP contribution in [0.3, 0.4) is 0 Å². The monoisotopic (exact) mass is 275 g/mol. The van der Waals surface area contributed by atoms with Gasteiger partial charge in [-0.2, -0.15) is 5.10 Å². The molecule has 0 unspecified atom stereocenters. The number of halogens is 1. The first-order chi connectivity index (χ1) is 9.08. The fourth-order valence-electron chi connectivity index (χ4n) is 2.20. The average molecular weight is 276 g/mol. The van der Waals surface area contributed by atoms with Gasteiger partial charge in [0.05, 0.1) is 16.2 Å². The van der Waals surface area contributed by atoms with Crippen LogP contribution in [0.15, 0.2) is 24.3 Å². The van der Waals surface area contributed by atoms with Crippen LogP contribution in [0.5, 0.6) is 0 Å². The summed E-state index contributed by atoms with van der Waals surface area (Å²) < 4.78 is 0. The molecule has 0 fully saturated rings. The van der Waals surface area contributed by atoms with E-state index in [-0.39, 0.29) is 5.69 Å². The van der Waals surface area contributed by atoms with E-state index in [0.29, 0.717) is 10.7 Å². The minimum atomic E-state index is -1.03. The Morgan fingerprint density at radius 3 is 2.89 bits per heavy atom. The number of aromatic nitrogens is 3. The van der Waals surface area contributed by atoms with E-state index in [1.165, 1.54) is 6.07 Å². The van der Waals surface area contributed by atoms with Crippen molar-refractivity contribution < 1.29 is 9.90 Å². The molecule has 6 heteroatoms. The van der Waals surface area contributed by atoms with Crippen molar-refractivity contribution in [2.24, 2.45) is 0 Å². The molecule has 0 radical (unpaired) electrons. The molecule has 3 N–H and O–H groups in total. The number of aryl methyl sites for hydroxylation is 1. The maximum absolute atomic E-state index is 10.9. The molecule has 19 heavy (non-hydrogen) atoms. The van der Waals surface area contributed by atoms with E-state index in [9.17, 15) is 4.79 Å². The van der Waals surface area contributed by atoms with E-state index in [2.05, 4.69) is 15.2 Å². The number of nitrogens with one attached hydrogen (secondary N) is 2. The number of nitrogens with zero attached hydrogens (tertiary/aromatic N) is 1. The zero-order valence-corrected chi connectivity index (χ0v) is 10.7. The lowest BCUT2D eigenvalue weighted by Gasteiger charge is -1.96. The van der Waals surface area contributed by atoms with Crippen LogP contribution in [0, 0.1) is 6.92 Å². The number of H-pyrrole nitrogens is 2. The fourth-order valence-corrected chi connectivity index (χ4v) is 2.42. The number of carboxylic acid groups (broad SMARTS) is 1. The highest BCUT2D eigenvalue weighted by Crippen LogP contribution is 2.34. The lowest BCUT2D eigenvalue weighted by molar-refractivity contribution is 0.0690. The first-order valence-corrected chi connectivity index (χ1v) is 6.01. The molecule has 0 aliphatic carbocycles. The number of hydrogen-bond donors (Lipinski definition) is 3. The highest BCUT2D eigenvalue weighted by atomic mass is 35.5. The molecule has 1 aromatic carbocycles. The van der Waals surface area contributed by atoms with E-state index in [0.717, 1.165) is 22.2 Å². The summed E-state index contributed by atoms with van der Waals surface area (Å²) in [5.41, 5.74) is 3.23. The van der Waals surface area contributed by atoms with Gasteiger partial charge in [0.25, 0.3) is 0 Å². The van der Waals surface area contributed by atoms with E-state index in [1.54, 1.807) is 6.07 Å². The Balaban J connectivity index is 2.26. The molecule has 3 aromatic rings. The molecule has 0 spiro atoms. The van der Waals surface area contributed by atoms with Crippen LogP contribution < -0.4 is 0 Å². The summed E-state index contributed by atoms with van der Waals surface area (Å²) in [6.07, 6.45) is 0. The van der Waals surface area contributed by atoms with Crippen molar-refractivity contribution in [2.75, 3.05) is 0 Å². The summed E-state index contributed by atoms with van der Waals surface area (Å²) in [6, 6.07) is 7.09. The smallest absolute Gasteiger partial charge is 0.353 e. The molecule has 0 aliphatic rings. The third-order valence-electron chi connectivity index (χ3n) is 3.03. The first-order valence-electron chi connectivity index (χ1n) is 5.64. The number of aromatic carboxylic acids is 1. The number of hydrogen-bond acceptors (Lipinski definition) is 2. The summed E-state index contributed by atoms with van der Waals surface area (Å²) in [7, 11) is 0. The molecule has 0 saturated carbocycles. The van der Waals surface area contributed by atoms with E-state index in [4.69, 9.17) is 16.7 Å². The number of benzene rings is 1. The Morgan fingerprint density at radius 1 is 1.42 bits per heavy atom. The number of carbonyl (C=O) groups is 1. The van der Waals surface area contributed by atoms with Gasteiger partial charge in [0.1, 0.15) is 5.69 Å². The first kappa shape index (κ1) is 11.8. The topological polar surface area (TPSA) is 81.8 Å². The van der Waals surface area contributed by atoms with E-state index in [1.807, 2.05) is 19.1 Å². The quantitative estimate of drug-likeness (QED) is 0.671. The molecule has 0 atom stereocenters. The van der Waals surface area contributed by atoms with Crippen molar-refractivity contribution in [1.82, 2.24) is 15.2 Å². The number of para-hydroxylation sites is 1. The van der Waals surface area contributed by atoms with Crippen molar-refractivity contribution >= 4 is 28.5 Å². The van der Waals surface area contributed by atoms with Crippen molar-refractivity contribution in [3.63, 3.8) is 0 Å². The number of aromatic amines is 2. The van der Waals surface area contributed by atoms with Gasteiger partial charge in [0.2, 0.25) is 0 Å². The summed E-state index contributed by atoms with van der Waals surface area (Å²) in [5, 5.41) is 17.0.